The zero-order valence-electron chi connectivity index (χ0n) is 8.83. The van der Waals surface area contributed by atoms with Gasteiger partial charge in [-0.25, -0.2) is 0 Å². The van der Waals surface area contributed by atoms with E-state index in [0.717, 1.165) is 0 Å². The van der Waals surface area contributed by atoms with Crippen LogP contribution in [-0.4, -0.2) is 12.5 Å². The summed E-state index contributed by atoms with van der Waals surface area (Å²) in [5.41, 5.74) is 9.45. The third-order valence-corrected chi connectivity index (χ3v) is 1.61. The van der Waals surface area contributed by atoms with Gasteiger partial charge in [-0.1, -0.05) is 5.73 Å². The molecule has 0 aromatic heterocycles. The quantitative estimate of drug-likeness (QED) is 0.675. The van der Waals surface area contributed by atoms with Crippen LogP contribution in [0.3, 0.4) is 0 Å². The second-order valence-corrected chi connectivity index (χ2v) is 2.99. The van der Waals surface area contributed by atoms with E-state index in [9.17, 15) is 4.79 Å². The van der Waals surface area contributed by atoms with Crippen molar-refractivity contribution in [3.63, 3.8) is 0 Å². The second-order valence-electron chi connectivity index (χ2n) is 2.99. The van der Waals surface area contributed by atoms with Crippen LogP contribution in [0.5, 0.6) is 0 Å². The van der Waals surface area contributed by atoms with Crippen LogP contribution in [0.25, 0.3) is 0 Å². The van der Waals surface area contributed by atoms with Gasteiger partial charge in [-0.3, -0.25) is 4.79 Å². The molecule has 1 aliphatic rings. The molecule has 0 fully saturated rings. The predicted molar refractivity (Wildman–Crippen MR) is 57.4 cm³/mol. The van der Waals surface area contributed by atoms with Gasteiger partial charge < -0.3 is 15.8 Å². The van der Waals surface area contributed by atoms with Crippen molar-refractivity contribution in [2.45, 2.75) is 13.8 Å². The van der Waals surface area contributed by atoms with Crippen molar-refractivity contribution in [3.8, 4) is 0 Å². The van der Waals surface area contributed by atoms with Gasteiger partial charge in [0.2, 0.25) is 5.91 Å². The Labute approximate surface area is 88.8 Å². The van der Waals surface area contributed by atoms with Gasteiger partial charge >= 0.3 is 0 Å². The van der Waals surface area contributed by atoms with Crippen molar-refractivity contribution in [2.24, 2.45) is 5.73 Å². The summed E-state index contributed by atoms with van der Waals surface area (Å²) < 4.78 is 5.29. The number of hydrogen-bond acceptors (Lipinski definition) is 3. The maximum atomic E-state index is 10.8. The van der Waals surface area contributed by atoms with Crippen molar-refractivity contribution in [1.82, 2.24) is 5.32 Å². The summed E-state index contributed by atoms with van der Waals surface area (Å²) in [6, 6.07) is 0. The molecule has 0 spiro atoms. The van der Waals surface area contributed by atoms with Gasteiger partial charge in [-0.05, 0) is 19.1 Å². The van der Waals surface area contributed by atoms with E-state index in [-0.39, 0.29) is 5.91 Å². The van der Waals surface area contributed by atoms with Gasteiger partial charge in [-0.2, -0.15) is 0 Å². The molecule has 1 rings (SSSR count). The topological polar surface area (TPSA) is 64.3 Å². The number of rotatable bonds is 3. The van der Waals surface area contributed by atoms with Gasteiger partial charge in [0.25, 0.3) is 0 Å². The number of carbonyl (C=O) groups excluding carboxylic acids is 1. The summed E-state index contributed by atoms with van der Waals surface area (Å²) in [6.45, 7) is 3.89. The Kier molecular flexibility index (Phi) is 3.77. The number of hydrogen-bond donors (Lipinski definition) is 2. The Morgan fingerprint density at radius 2 is 2.33 bits per heavy atom. The summed E-state index contributed by atoms with van der Waals surface area (Å²) in [4.78, 5) is 10.8. The molecule has 0 bridgehead atoms. The average Bonchev–Trinajstić information content (AvgIpc) is 2.27. The summed E-state index contributed by atoms with van der Waals surface area (Å²) in [5.74, 6) is 0.498. The predicted octanol–water partition coefficient (Wildman–Crippen LogP) is 0.938. The molecule has 4 nitrogen and oxygen atoms in total. The van der Waals surface area contributed by atoms with E-state index in [1.807, 2.05) is 6.92 Å². The lowest BCUT2D eigenvalue weighted by Crippen LogP contribution is -2.17. The third kappa shape index (κ3) is 3.75. The summed E-state index contributed by atoms with van der Waals surface area (Å²) in [7, 11) is 0. The molecule has 0 saturated carbocycles. The van der Waals surface area contributed by atoms with Gasteiger partial charge in [0.1, 0.15) is 5.76 Å². The molecular weight excluding hydrogens is 192 g/mol. The van der Waals surface area contributed by atoms with E-state index in [2.05, 4.69) is 11.0 Å². The first kappa shape index (κ1) is 11.1. The number of carbonyl (C=O) groups is 1. The van der Waals surface area contributed by atoms with Crippen molar-refractivity contribution in [3.05, 3.63) is 41.1 Å². The maximum absolute atomic E-state index is 10.8. The Morgan fingerprint density at radius 3 is 2.93 bits per heavy atom. The number of nitrogens with two attached hydrogens (primary N) is 1. The molecule has 0 aliphatic heterocycles. The molecule has 4 heteroatoms. The Balaban J connectivity index is 2.86. The third-order valence-electron chi connectivity index (χ3n) is 1.61. The second kappa shape index (κ2) is 5.08. The molecule has 0 radical (unpaired) electrons. The molecule has 1 aliphatic carbocycles. The van der Waals surface area contributed by atoms with Crippen molar-refractivity contribution >= 4 is 5.91 Å². The van der Waals surface area contributed by atoms with E-state index in [4.69, 9.17) is 10.5 Å². The zero-order valence-corrected chi connectivity index (χ0v) is 8.83. The molecule has 0 saturated heterocycles. The van der Waals surface area contributed by atoms with Crippen LogP contribution in [-0.2, 0) is 9.53 Å². The van der Waals surface area contributed by atoms with Crippen LogP contribution in [0.2, 0.25) is 0 Å². The van der Waals surface area contributed by atoms with Crippen LogP contribution >= 0.6 is 0 Å². The van der Waals surface area contributed by atoms with Gasteiger partial charge in [-0.15, -0.1) is 0 Å². The SMILES string of the molecule is CCOC1=CC(N)=C=C(NC(C)=O)C=C1. The standard InChI is InChI=1S/C11H14N2O2/c1-3-15-11-5-4-10(13-8(2)14)6-9(12)7-11/h4-5,7H,3,12H2,1-2H3,(H,13,14). The minimum Gasteiger partial charge on any atom is -0.494 e. The minimum atomic E-state index is -0.158. The molecule has 0 unspecified atom stereocenters. The summed E-state index contributed by atoms with van der Waals surface area (Å²) >= 11 is 0. The van der Waals surface area contributed by atoms with Crippen LogP contribution in [0.15, 0.2) is 41.1 Å². The minimum absolute atomic E-state index is 0.158. The first-order valence-corrected chi connectivity index (χ1v) is 4.68. The first-order chi connectivity index (χ1) is 7.11. The molecule has 0 heterocycles. The lowest BCUT2D eigenvalue weighted by molar-refractivity contribution is -0.118. The molecule has 1 amide bonds. The lowest BCUT2D eigenvalue weighted by Gasteiger charge is -2.01. The number of nitrogens with one attached hydrogen (secondary N) is 1. The number of amides is 1. The first-order valence-electron chi connectivity index (χ1n) is 4.68. The molecular formula is C11H14N2O2. The monoisotopic (exact) mass is 206 g/mol. The normalized spacial score (nSPS) is 14.7. The van der Waals surface area contributed by atoms with Crippen LogP contribution in [0, 0.1) is 0 Å². The highest BCUT2D eigenvalue weighted by atomic mass is 16.5. The largest absolute Gasteiger partial charge is 0.494 e. The fourth-order valence-electron chi connectivity index (χ4n) is 1.12. The van der Waals surface area contributed by atoms with Gasteiger partial charge in [0, 0.05) is 13.0 Å². The Bertz CT molecular complexity index is 385. The van der Waals surface area contributed by atoms with E-state index in [1.165, 1.54) is 6.92 Å². The number of allylic oxidation sites excluding steroid dienone is 2. The average molecular weight is 206 g/mol. The smallest absolute Gasteiger partial charge is 0.221 e. The highest BCUT2D eigenvalue weighted by molar-refractivity contribution is 5.75. The van der Waals surface area contributed by atoms with Crippen LogP contribution in [0.1, 0.15) is 13.8 Å². The van der Waals surface area contributed by atoms with E-state index < -0.39 is 0 Å². The van der Waals surface area contributed by atoms with Crippen molar-refractivity contribution in [2.75, 3.05) is 6.61 Å². The Morgan fingerprint density at radius 1 is 1.60 bits per heavy atom. The molecule has 0 aromatic rings. The molecule has 3 N–H and O–H groups in total. The number of ether oxygens (including phenoxy) is 1. The van der Waals surface area contributed by atoms with Crippen molar-refractivity contribution < 1.29 is 9.53 Å². The van der Waals surface area contributed by atoms with E-state index >= 15 is 0 Å². The highest BCUT2D eigenvalue weighted by Crippen LogP contribution is 2.08. The van der Waals surface area contributed by atoms with E-state index in [1.54, 1.807) is 18.2 Å². The van der Waals surface area contributed by atoms with Crippen LogP contribution in [0.4, 0.5) is 0 Å². The Hall–Kier alpha value is -1.93. The van der Waals surface area contributed by atoms with Crippen LogP contribution < -0.4 is 11.1 Å². The molecule has 0 atom stereocenters. The fraction of sp³-hybridized carbons (Fsp3) is 0.273. The molecule has 80 valence electrons. The molecule has 0 aromatic carbocycles. The fourth-order valence-corrected chi connectivity index (χ4v) is 1.12. The zero-order chi connectivity index (χ0) is 11.3. The molecule has 15 heavy (non-hydrogen) atoms. The summed E-state index contributed by atoms with van der Waals surface area (Å²) in [6.07, 6.45) is 5.10. The summed E-state index contributed by atoms with van der Waals surface area (Å²) in [5, 5.41) is 2.60. The lowest BCUT2D eigenvalue weighted by atomic mass is 10.4. The maximum Gasteiger partial charge on any atom is 0.221 e. The van der Waals surface area contributed by atoms with E-state index in [0.29, 0.717) is 23.8 Å². The van der Waals surface area contributed by atoms with Gasteiger partial charge in [0.05, 0.1) is 18.0 Å². The van der Waals surface area contributed by atoms with Gasteiger partial charge in [0.15, 0.2) is 0 Å². The van der Waals surface area contributed by atoms with Crippen molar-refractivity contribution in [1.29, 1.82) is 0 Å². The highest BCUT2D eigenvalue weighted by Gasteiger charge is 2.01.